The Morgan fingerprint density at radius 2 is 1.46 bits per heavy atom. The van der Waals surface area contributed by atoms with Crippen molar-refractivity contribution in [1.29, 1.82) is 0 Å². The zero-order valence-corrected chi connectivity index (χ0v) is 7.54. The van der Waals surface area contributed by atoms with Crippen LogP contribution < -0.4 is 38.2 Å². The molecule has 0 aromatic rings. The topological polar surface area (TPSA) is 136 Å². The third kappa shape index (κ3) is 14.7. The molecule has 1 rings (SSSR count). The Morgan fingerprint density at radius 3 is 1.54 bits per heavy atom. The molecule has 0 unspecified atom stereocenters. The summed E-state index contributed by atoms with van der Waals surface area (Å²) >= 11 is 0. The van der Waals surface area contributed by atoms with E-state index in [2.05, 4.69) is 5.32 Å². The SMILES string of the molecule is O=C1CCC(=O)N1.[H-].[Li+].[O-][Cl+3]([O-])([O-])O. The van der Waals surface area contributed by atoms with Crippen molar-refractivity contribution in [2.45, 2.75) is 12.8 Å². The summed E-state index contributed by atoms with van der Waals surface area (Å²) in [4.78, 5) is 20.2. The van der Waals surface area contributed by atoms with Gasteiger partial charge < -0.3 is 1.43 Å². The van der Waals surface area contributed by atoms with Crippen LogP contribution in [-0.4, -0.2) is 16.5 Å². The van der Waals surface area contributed by atoms with Crippen LogP contribution >= 0.6 is 0 Å². The number of nitrogens with one attached hydrogen (secondary N) is 1. The van der Waals surface area contributed by atoms with Crippen LogP contribution in [-0.2, 0) is 9.59 Å². The summed E-state index contributed by atoms with van der Waals surface area (Å²) in [5, 5.41) is 2.14. The molecule has 1 aliphatic rings. The number of hydrogen-bond acceptors (Lipinski definition) is 6. The molecule has 0 aromatic heterocycles. The summed E-state index contributed by atoms with van der Waals surface area (Å²) in [6, 6.07) is 0. The van der Waals surface area contributed by atoms with Crippen LogP contribution in [0.15, 0.2) is 0 Å². The molecule has 1 saturated heterocycles. The molecule has 0 atom stereocenters. The third-order valence-corrected chi connectivity index (χ3v) is 0.858. The second-order valence-electron chi connectivity index (χ2n) is 1.87. The van der Waals surface area contributed by atoms with Gasteiger partial charge in [0.1, 0.15) is 0 Å². The average Bonchev–Trinajstić information content (AvgIpc) is 2.09. The maximum atomic E-state index is 10.1. The number of carbonyl (C=O) groups excluding carboxylic acids is 2. The van der Waals surface area contributed by atoms with E-state index in [0.717, 1.165) is 0 Å². The van der Waals surface area contributed by atoms with E-state index in [1.165, 1.54) is 0 Å². The number of hydrogen-bond donors (Lipinski definition) is 2. The summed E-state index contributed by atoms with van der Waals surface area (Å²) < 4.78 is 32.7. The Kier molecular flexibility index (Phi) is 7.48. The maximum Gasteiger partial charge on any atom is 1.00 e. The zero-order chi connectivity index (χ0) is 9.78. The molecule has 0 bridgehead atoms. The fraction of sp³-hybridized carbons (Fsp3) is 0.500. The van der Waals surface area contributed by atoms with Crippen molar-refractivity contribution in [2.75, 3.05) is 0 Å². The third-order valence-electron chi connectivity index (χ3n) is 0.858. The van der Waals surface area contributed by atoms with E-state index in [0.29, 0.717) is 12.8 Å². The minimum Gasteiger partial charge on any atom is -1.00 e. The molecule has 2 amide bonds. The second-order valence-corrected chi connectivity index (χ2v) is 2.66. The van der Waals surface area contributed by atoms with Crippen LogP contribution in [0.5, 0.6) is 0 Å². The first-order chi connectivity index (χ1) is 5.29. The van der Waals surface area contributed by atoms with Crippen molar-refractivity contribution < 1.29 is 58.8 Å². The summed E-state index contributed by atoms with van der Waals surface area (Å²) in [6.07, 6.45) is 0.748. The van der Waals surface area contributed by atoms with Crippen molar-refractivity contribution in [1.82, 2.24) is 5.32 Å². The van der Waals surface area contributed by atoms with Gasteiger partial charge in [-0.05, 0) is 0 Å². The Balaban J connectivity index is -0.000000159. The van der Waals surface area contributed by atoms with Gasteiger partial charge in [-0.1, -0.05) is 0 Å². The Morgan fingerprint density at radius 1 is 1.23 bits per heavy atom. The maximum absolute atomic E-state index is 10.1. The minimum absolute atomic E-state index is 0. The predicted molar refractivity (Wildman–Crippen MR) is 25.7 cm³/mol. The van der Waals surface area contributed by atoms with Gasteiger partial charge in [0.15, 0.2) is 0 Å². The number of carbonyl (C=O) groups is 2. The molecule has 7 nitrogen and oxygen atoms in total. The number of halogens is 1. The number of imide groups is 1. The van der Waals surface area contributed by atoms with Crippen molar-refractivity contribution in [2.24, 2.45) is 0 Å². The molecule has 0 spiro atoms. The number of rotatable bonds is 0. The van der Waals surface area contributed by atoms with Crippen LogP contribution in [0.1, 0.15) is 14.3 Å². The molecule has 13 heavy (non-hydrogen) atoms. The van der Waals surface area contributed by atoms with Gasteiger partial charge in [-0.15, -0.1) is 0 Å². The van der Waals surface area contributed by atoms with Gasteiger partial charge in [-0.3, -0.25) is 14.9 Å². The number of amides is 2. The van der Waals surface area contributed by atoms with Gasteiger partial charge >= 0.3 is 18.9 Å². The first-order valence-corrected chi connectivity index (χ1v) is 4.01. The summed E-state index contributed by atoms with van der Waals surface area (Å²) in [6.45, 7) is 0. The zero-order valence-electron chi connectivity index (χ0n) is 7.78. The summed E-state index contributed by atoms with van der Waals surface area (Å²) in [5.74, 6) is -0.296. The van der Waals surface area contributed by atoms with Gasteiger partial charge in [0.05, 0.1) is 14.9 Å². The Hall–Kier alpha value is -0.133. The molecule has 0 aromatic carbocycles. The molecule has 0 radical (unpaired) electrons. The summed E-state index contributed by atoms with van der Waals surface area (Å²) in [5.41, 5.74) is 0. The van der Waals surface area contributed by atoms with E-state index < -0.39 is 10.2 Å². The van der Waals surface area contributed by atoms with Crippen LogP contribution in [0.25, 0.3) is 0 Å². The van der Waals surface area contributed by atoms with Gasteiger partial charge in [0.25, 0.3) is 0 Å². The van der Waals surface area contributed by atoms with Crippen LogP contribution in [0, 0.1) is 10.2 Å². The molecule has 0 aliphatic carbocycles. The molecule has 9 heteroatoms. The quantitative estimate of drug-likeness (QED) is 0.299. The molecule has 1 heterocycles. The van der Waals surface area contributed by atoms with Crippen LogP contribution in [0.4, 0.5) is 0 Å². The average molecular weight is 207 g/mol. The van der Waals surface area contributed by atoms with Crippen molar-refractivity contribution in [3.63, 3.8) is 0 Å². The van der Waals surface area contributed by atoms with Crippen molar-refractivity contribution in [3.05, 3.63) is 0 Å². The van der Waals surface area contributed by atoms with Gasteiger partial charge in [0, 0.05) is 12.8 Å². The van der Waals surface area contributed by atoms with Crippen LogP contribution in [0.2, 0.25) is 0 Å². The van der Waals surface area contributed by atoms with Crippen LogP contribution in [0.3, 0.4) is 0 Å². The van der Waals surface area contributed by atoms with Gasteiger partial charge in [0.2, 0.25) is 11.8 Å². The van der Waals surface area contributed by atoms with E-state index in [-0.39, 0.29) is 32.1 Å². The first-order valence-electron chi connectivity index (χ1n) is 2.75. The minimum atomic E-state index is -4.69. The van der Waals surface area contributed by atoms with E-state index in [1.807, 2.05) is 0 Å². The van der Waals surface area contributed by atoms with E-state index in [4.69, 9.17) is 18.6 Å². The van der Waals surface area contributed by atoms with E-state index in [9.17, 15) is 9.59 Å². The molecule has 72 valence electrons. The monoisotopic (exact) mass is 207 g/mol. The fourth-order valence-corrected chi connectivity index (χ4v) is 0.508. The second kappa shape index (κ2) is 6.34. The molecule has 2 N–H and O–H groups in total. The fourth-order valence-electron chi connectivity index (χ4n) is 0.508. The van der Waals surface area contributed by atoms with E-state index in [1.54, 1.807) is 0 Å². The largest absolute Gasteiger partial charge is 1.00 e. The molecule has 1 fully saturated rings. The molecular formula is C4H7ClLiNO6. The van der Waals surface area contributed by atoms with Gasteiger partial charge in [-0.25, -0.2) is 0 Å². The molecular weight excluding hydrogens is 200 g/mol. The Labute approximate surface area is 89.1 Å². The predicted octanol–water partition coefficient (Wildman–Crippen LogP) is -7.58. The first kappa shape index (κ1) is 15.3. The standard InChI is InChI=1S/C4H5NO2.ClHO4.Li.H/c6-3-1-2-4(7)5-3;2-1(3,4)5;;/h1-2H2,(H,5,6,7);(H,2,3,4,5);;/q;;+1;-1. The van der Waals surface area contributed by atoms with Crippen molar-refractivity contribution >= 4 is 11.8 Å². The molecule has 1 aliphatic heterocycles. The smallest absolute Gasteiger partial charge is 1.00 e. The van der Waals surface area contributed by atoms with Crippen molar-refractivity contribution in [3.8, 4) is 0 Å². The molecule has 0 saturated carbocycles. The summed E-state index contributed by atoms with van der Waals surface area (Å²) in [7, 11) is -4.69. The van der Waals surface area contributed by atoms with E-state index >= 15 is 0 Å². The van der Waals surface area contributed by atoms with Gasteiger partial charge in [-0.2, -0.15) is 14.0 Å². The normalized spacial score (nSPS) is 15.4. The Bertz CT molecular complexity index is 177.